The van der Waals surface area contributed by atoms with Crippen molar-refractivity contribution in [3.63, 3.8) is 0 Å². The van der Waals surface area contributed by atoms with Crippen LogP contribution in [0.1, 0.15) is 6.42 Å². The first-order valence-electron chi connectivity index (χ1n) is 5.01. The first kappa shape index (κ1) is 11.4. The van der Waals surface area contributed by atoms with Crippen LogP contribution in [0.15, 0.2) is 0 Å². The minimum atomic E-state index is 0.117. The second kappa shape index (κ2) is 6.75. The Hall–Kier alpha value is -0.650. The number of aliphatic hydroxyl groups is 1. The Morgan fingerprint density at radius 2 is 2.14 bits per heavy atom. The molecular formula is C9H18N2O3. The maximum absolute atomic E-state index is 11.5. The summed E-state index contributed by atoms with van der Waals surface area (Å²) in [5.74, 6) is 0.117. The highest BCUT2D eigenvalue weighted by molar-refractivity contribution is 5.78. The molecule has 0 spiro atoms. The van der Waals surface area contributed by atoms with Gasteiger partial charge in [-0.3, -0.25) is 4.79 Å². The summed E-state index contributed by atoms with van der Waals surface area (Å²) in [6, 6.07) is 0. The number of nitrogens with zero attached hydrogens (tertiary/aromatic N) is 1. The van der Waals surface area contributed by atoms with Gasteiger partial charge in [-0.15, -0.1) is 0 Å². The zero-order valence-electron chi connectivity index (χ0n) is 8.37. The molecular weight excluding hydrogens is 184 g/mol. The van der Waals surface area contributed by atoms with Crippen molar-refractivity contribution in [2.45, 2.75) is 6.42 Å². The van der Waals surface area contributed by atoms with Gasteiger partial charge in [0.05, 0.1) is 19.8 Å². The van der Waals surface area contributed by atoms with Gasteiger partial charge in [0.15, 0.2) is 0 Å². The number of carbonyl (C=O) groups excluding carboxylic acids is 1. The Kier molecular flexibility index (Phi) is 5.51. The lowest BCUT2D eigenvalue weighted by atomic mass is 10.4. The van der Waals surface area contributed by atoms with Gasteiger partial charge in [0.1, 0.15) is 0 Å². The summed E-state index contributed by atoms with van der Waals surface area (Å²) in [6.07, 6.45) is 0.691. The van der Waals surface area contributed by atoms with E-state index in [0.717, 1.165) is 0 Å². The van der Waals surface area contributed by atoms with Crippen LogP contribution in [0.4, 0.5) is 0 Å². The molecule has 1 aliphatic rings. The minimum absolute atomic E-state index is 0.117. The summed E-state index contributed by atoms with van der Waals surface area (Å²) in [7, 11) is 0. The van der Waals surface area contributed by atoms with Gasteiger partial charge in [0.2, 0.25) is 5.91 Å². The van der Waals surface area contributed by atoms with Crippen LogP contribution in [0.5, 0.6) is 0 Å². The Labute approximate surface area is 84.0 Å². The molecule has 0 radical (unpaired) electrons. The molecule has 5 heteroatoms. The highest BCUT2D eigenvalue weighted by Gasteiger charge is 2.15. The fraction of sp³-hybridized carbons (Fsp3) is 0.889. The number of aliphatic hydroxyl groups excluding tert-OH is 1. The van der Waals surface area contributed by atoms with E-state index in [2.05, 4.69) is 5.32 Å². The van der Waals surface area contributed by atoms with Gasteiger partial charge >= 0.3 is 0 Å². The zero-order chi connectivity index (χ0) is 10.2. The number of carbonyl (C=O) groups is 1. The topological polar surface area (TPSA) is 61.8 Å². The Morgan fingerprint density at radius 1 is 1.43 bits per heavy atom. The Bertz CT molecular complexity index is 169. The quantitative estimate of drug-likeness (QED) is 0.551. The summed E-state index contributed by atoms with van der Waals surface area (Å²) < 4.78 is 5.15. The largest absolute Gasteiger partial charge is 0.396 e. The van der Waals surface area contributed by atoms with Gasteiger partial charge in [-0.05, 0) is 13.0 Å². The molecule has 2 N–H and O–H groups in total. The molecule has 0 aliphatic carbocycles. The van der Waals surface area contributed by atoms with Crippen molar-refractivity contribution in [1.29, 1.82) is 0 Å². The standard InChI is InChI=1S/C9H18N2O3/c12-5-1-2-10-8-9(13)11-3-6-14-7-4-11/h10,12H,1-8H2. The fourth-order valence-electron chi connectivity index (χ4n) is 1.32. The van der Waals surface area contributed by atoms with E-state index in [0.29, 0.717) is 45.8 Å². The van der Waals surface area contributed by atoms with E-state index in [4.69, 9.17) is 9.84 Å². The van der Waals surface area contributed by atoms with Crippen molar-refractivity contribution in [2.75, 3.05) is 46.0 Å². The van der Waals surface area contributed by atoms with Gasteiger partial charge in [-0.25, -0.2) is 0 Å². The van der Waals surface area contributed by atoms with Crippen molar-refractivity contribution in [3.8, 4) is 0 Å². The van der Waals surface area contributed by atoms with Crippen LogP contribution in [0, 0.1) is 0 Å². The van der Waals surface area contributed by atoms with Crippen molar-refractivity contribution >= 4 is 5.91 Å². The second-order valence-corrected chi connectivity index (χ2v) is 3.25. The van der Waals surface area contributed by atoms with E-state index in [1.54, 1.807) is 4.90 Å². The number of amides is 1. The van der Waals surface area contributed by atoms with E-state index >= 15 is 0 Å². The van der Waals surface area contributed by atoms with E-state index in [9.17, 15) is 4.79 Å². The molecule has 0 aromatic carbocycles. The number of hydrogen-bond donors (Lipinski definition) is 2. The van der Waals surface area contributed by atoms with Crippen molar-refractivity contribution in [3.05, 3.63) is 0 Å². The third-order valence-corrected chi connectivity index (χ3v) is 2.15. The van der Waals surface area contributed by atoms with Gasteiger partial charge in [0, 0.05) is 19.7 Å². The number of hydrogen-bond acceptors (Lipinski definition) is 4. The summed E-state index contributed by atoms with van der Waals surface area (Å²) >= 11 is 0. The molecule has 14 heavy (non-hydrogen) atoms. The van der Waals surface area contributed by atoms with Crippen molar-refractivity contribution in [2.24, 2.45) is 0 Å². The van der Waals surface area contributed by atoms with Gasteiger partial charge in [0.25, 0.3) is 0 Å². The minimum Gasteiger partial charge on any atom is -0.396 e. The van der Waals surface area contributed by atoms with Crippen LogP contribution in [0.25, 0.3) is 0 Å². The maximum Gasteiger partial charge on any atom is 0.236 e. The highest BCUT2D eigenvalue weighted by atomic mass is 16.5. The number of rotatable bonds is 5. The van der Waals surface area contributed by atoms with E-state index in [-0.39, 0.29) is 12.5 Å². The van der Waals surface area contributed by atoms with Crippen molar-refractivity contribution in [1.82, 2.24) is 10.2 Å². The van der Waals surface area contributed by atoms with Gasteiger partial charge in [-0.1, -0.05) is 0 Å². The number of ether oxygens (including phenoxy) is 1. The normalized spacial score (nSPS) is 17.1. The molecule has 0 atom stereocenters. The number of nitrogens with one attached hydrogen (secondary N) is 1. The van der Waals surface area contributed by atoms with E-state index in [1.165, 1.54) is 0 Å². The average Bonchev–Trinajstić information content (AvgIpc) is 2.25. The second-order valence-electron chi connectivity index (χ2n) is 3.25. The van der Waals surface area contributed by atoms with Crippen LogP contribution in [0.2, 0.25) is 0 Å². The summed E-state index contributed by atoms with van der Waals surface area (Å²) in [5, 5.41) is 11.5. The third kappa shape index (κ3) is 4.04. The molecule has 1 heterocycles. The molecule has 0 bridgehead atoms. The lowest BCUT2D eigenvalue weighted by Crippen LogP contribution is -2.44. The molecule has 82 valence electrons. The molecule has 0 aromatic heterocycles. The summed E-state index contributed by atoms with van der Waals surface area (Å²) in [6.45, 7) is 3.89. The molecule has 1 saturated heterocycles. The summed E-state index contributed by atoms with van der Waals surface area (Å²) in [5.41, 5.74) is 0. The van der Waals surface area contributed by atoms with E-state index < -0.39 is 0 Å². The molecule has 1 rings (SSSR count). The first-order chi connectivity index (χ1) is 6.84. The predicted octanol–water partition coefficient (Wildman–Crippen LogP) is -1.18. The Morgan fingerprint density at radius 3 is 2.79 bits per heavy atom. The first-order valence-corrected chi connectivity index (χ1v) is 5.01. The van der Waals surface area contributed by atoms with Crippen LogP contribution in [-0.2, 0) is 9.53 Å². The molecule has 0 unspecified atom stereocenters. The lowest BCUT2D eigenvalue weighted by Gasteiger charge is -2.26. The lowest BCUT2D eigenvalue weighted by molar-refractivity contribution is -0.134. The fourth-order valence-corrected chi connectivity index (χ4v) is 1.32. The van der Waals surface area contributed by atoms with Crippen LogP contribution in [0.3, 0.4) is 0 Å². The summed E-state index contributed by atoms with van der Waals surface area (Å²) in [4.78, 5) is 13.3. The molecule has 1 fully saturated rings. The van der Waals surface area contributed by atoms with Gasteiger partial charge in [-0.2, -0.15) is 0 Å². The van der Waals surface area contributed by atoms with Crippen LogP contribution < -0.4 is 5.32 Å². The zero-order valence-corrected chi connectivity index (χ0v) is 8.37. The van der Waals surface area contributed by atoms with Crippen molar-refractivity contribution < 1.29 is 14.6 Å². The maximum atomic E-state index is 11.5. The molecule has 0 aromatic rings. The molecule has 5 nitrogen and oxygen atoms in total. The third-order valence-electron chi connectivity index (χ3n) is 2.15. The van der Waals surface area contributed by atoms with Gasteiger partial charge < -0.3 is 20.1 Å². The average molecular weight is 202 g/mol. The smallest absolute Gasteiger partial charge is 0.236 e. The monoisotopic (exact) mass is 202 g/mol. The molecule has 0 saturated carbocycles. The van der Waals surface area contributed by atoms with Crippen LogP contribution >= 0.6 is 0 Å². The molecule has 1 amide bonds. The SMILES string of the molecule is O=C(CNCCCO)N1CCOCC1. The predicted molar refractivity (Wildman–Crippen MR) is 52.0 cm³/mol. The van der Waals surface area contributed by atoms with Crippen LogP contribution in [-0.4, -0.2) is 61.9 Å². The molecule has 1 aliphatic heterocycles. The van der Waals surface area contributed by atoms with E-state index in [1.807, 2.05) is 0 Å². The highest BCUT2D eigenvalue weighted by Crippen LogP contribution is 1.96. The number of morpholine rings is 1. The Balaban J connectivity index is 2.07.